The SMILES string of the molecule is COc1ccc(Br)cc1[C@@H]1[C@H](C)N[C@]2(C(=O)Nc3ccccc32)[C@@H]1[N+](=O)[O-]. The third-order valence-corrected chi connectivity index (χ3v) is 6.01. The van der Waals surface area contributed by atoms with Crippen molar-refractivity contribution in [1.82, 2.24) is 5.32 Å². The van der Waals surface area contributed by atoms with Crippen LogP contribution in [0.15, 0.2) is 46.9 Å². The molecule has 2 aliphatic rings. The number of amides is 1. The first kappa shape index (κ1) is 17.9. The molecular weight excluding hydrogens is 414 g/mol. The molecule has 4 rings (SSSR count). The maximum Gasteiger partial charge on any atom is 0.256 e. The minimum Gasteiger partial charge on any atom is -0.496 e. The summed E-state index contributed by atoms with van der Waals surface area (Å²) in [6.07, 6.45) is 0. The largest absolute Gasteiger partial charge is 0.496 e. The Kier molecular flexibility index (Phi) is 4.20. The van der Waals surface area contributed by atoms with Gasteiger partial charge in [0.2, 0.25) is 0 Å². The fourth-order valence-electron chi connectivity index (χ4n) is 4.49. The van der Waals surface area contributed by atoms with Crippen LogP contribution in [0.5, 0.6) is 5.75 Å². The molecule has 1 fully saturated rings. The molecule has 2 aromatic carbocycles. The summed E-state index contributed by atoms with van der Waals surface area (Å²) in [6, 6.07) is 11.0. The molecule has 1 saturated heterocycles. The fourth-order valence-corrected chi connectivity index (χ4v) is 4.87. The van der Waals surface area contributed by atoms with Crippen LogP contribution in [0.1, 0.15) is 24.0 Å². The number of halogens is 1. The number of methoxy groups -OCH3 is 1. The summed E-state index contributed by atoms with van der Waals surface area (Å²) in [5.74, 6) is -0.384. The van der Waals surface area contributed by atoms with Crippen molar-refractivity contribution in [2.75, 3.05) is 12.4 Å². The van der Waals surface area contributed by atoms with E-state index in [1.165, 1.54) is 7.11 Å². The second-order valence-corrected chi connectivity index (χ2v) is 7.80. The zero-order valence-electron chi connectivity index (χ0n) is 14.7. The first-order valence-electron chi connectivity index (χ1n) is 8.55. The van der Waals surface area contributed by atoms with Crippen LogP contribution in [-0.4, -0.2) is 30.0 Å². The van der Waals surface area contributed by atoms with E-state index < -0.39 is 23.4 Å². The van der Waals surface area contributed by atoms with Gasteiger partial charge in [-0.05, 0) is 31.2 Å². The number of nitrogens with one attached hydrogen (secondary N) is 2. The summed E-state index contributed by atoms with van der Waals surface area (Å²) in [4.78, 5) is 24.9. The number of carbonyl (C=O) groups is 1. The number of para-hydroxylation sites is 1. The van der Waals surface area contributed by atoms with Crippen molar-refractivity contribution in [3.05, 3.63) is 68.2 Å². The number of hydrogen-bond acceptors (Lipinski definition) is 5. The number of anilines is 1. The highest BCUT2D eigenvalue weighted by molar-refractivity contribution is 9.10. The third-order valence-electron chi connectivity index (χ3n) is 5.51. The molecule has 2 N–H and O–H groups in total. The van der Waals surface area contributed by atoms with Gasteiger partial charge in [0.15, 0.2) is 5.54 Å². The van der Waals surface area contributed by atoms with E-state index in [1.807, 2.05) is 19.1 Å². The summed E-state index contributed by atoms with van der Waals surface area (Å²) in [5, 5.41) is 18.3. The molecule has 2 aromatic rings. The molecule has 1 amide bonds. The zero-order valence-corrected chi connectivity index (χ0v) is 16.3. The molecule has 0 saturated carbocycles. The van der Waals surface area contributed by atoms with Crippen LogP contribution in [0.2, 0.25) is 0 Å². The smallest absolute Gasteiger partial charge is 0.256 e. The second kappa shape index (κ2) is 6.31. The molecule has 0 aromatic heterocycles. The van der Waals surface area contributed by atoms with E-state index in [0.29, 0.717) is 22.6 Å². The van der Waals surface area contributed by atoms with Gasteiger partial charge < -0.3 is 10.1 Å². The van der Waals surface area contributed by atoms with E-state index in [1.54, 1.807) is 30.3 Å². The maximum absolute atomic E-state index is 13.0. The van der Waals surface area contributed by atoms with Crippen molar-refractivity contribution in [3.63, 3.8) is 0 Å². The third kappa shape index (κ3) is 2.47. The minimum atomic E-state index is -1.42. The number of nitrogens with zero attached hydrogens (tertiary/aromatic N) is 1. The number of benzene rings is 2. The number of carbonyl (C=O) groups excluding carboxylic acids is 1. The number of hydrogen-bond donors (Lipinski definition) is 2. The van der Waals surface area contributed by atoms with Crippen LogP contribution in [0, 0.1) is 10.1 Å². The molecule has 4 atom stereocenters. The molecule has 0 bridgehead atoms. The molecule has 0 aliphatic carbocycles. The maximum atomic E-state index is 13.0. The first-order chi connectivity index (χ1) is 12.9. The number of rotatable bonds is 3. The van der Waals surface area contributed by atoms with Gasteiger partial charge >= 0.3 is 0 Å². The number of ether oxygens (including phenoxy) is 1. The number of fused-ring (bicyclic) bond motifs is 2. The van der Waals surface area contributed by atoms with Crippen molar-refractivity contribution in [2.45, 2.75) is 30.5 Å². The molecule has 140 valence electrons. The van der Waals surface area contributed by atoms with Crippen molar-refractivity contribution in [1.29, 1.82) is 0 Å². The van der Waals surface area contributed by atoms with Crippen LogP contribution < -0.4 is 15.4 Å². The average Bonchev–Trinajstić information content (AvgIpc) is 3.10. The lowest BCUT2D eigenvalue weighted by Crippen LogP contribution is -2.54. The topological polar surface area (TPSA) is 93.5 Å². The van der Waals surface area contributed by atoms with E-state index in [0.717, 1.165) is 4.47 Å². The number of nitro groups is 1. The second-order valence-electron chi connectivity index (χ2n) is 6.88. The van der Waals surface area contributed by atoms with Gasteiger partial charge in [0.05, 0.1) is 13.0 Å². The van der Waals surface area contributed by atoms with Gasteiger partial charge in [0.25, 0.3) is 11.9 Å². The minimum absolute atomic E-state index is 0.319. The van der Waals surface area contributed by atoms with Gasteiger partial charge in [0.1, 0.15) is 5.75 Å². The van der Waals surface area contributed by atoms with Crippen LogP contribution in [-0.2, 0) is 10.3 Å². The Hall–Kier alpha value is -2.45. The molecular formula is C19H18BrN3O4. The normalized spacial score (nSPS) is 28.9. The Balaban J connectivity index is 1.93. The highest BCUT2D eigenvalue weighted by Crippen LogP contribution is 2.51. The predicted octanol–water partition coefficient (Wildman–Crippen LogP) is 3.03. The van der Waals surface area contributed by atoms with E-state index in [9.17, 15) is 14.9 Å². The standard InChI is InChI=1S/C19H18BrN3O4/c1-10-16(12-9-11(20)7-8-15(12)27-2)17(23(25)26)19(22-10)13-5-3-4-6-14(13)21-18(19)24/h3-10,16-17,22H,1-2H3,(H,21,24)/t10-,16-,17+,19-/m0/s1. The van der Waals surface area contributed by atoms with Gasteiger partial charge in [-0.15, -0.1) is 0 Å². The van der Waals surface area contributed by atoms with Crippen molar-refractivity contribution < 1.29 is 14.5 Å². The summed E-state index contributed by atoms with van der Waals surface area (Å²) in [6.45, 7) is 1.87. The van der Waals surface area contributed by atoms with E-state index in [4.69, 9.17) is 4.74 Å². The lowest BCUT2D eigenvalue weighted by Gasteiger charge is -2.26. The molecule has 2 heterocycles. The molecule has 0 unspecified atom stereocenters. The van der Waals surface area contributed by atoms with Crippen molar-refractivity contribution in [2.24, 2.45) is 0 Å². The average molecular weight is 432 g/mol. The van der Waals surface area contributed by atoms with E-state index in [2.05, 4.69) is 26.6 Å². The highest BCUT2D eigenvalue weighted by atomic mass is 79.9. The van der Waals surface area contributed by atoms with Gasteiger partial charge in [-0.1, -0.05) is 34.1 Å². The lowest BCUT2D eigenvalue weighted by molar-refractivity contribution is -0.532. The predicted molar refractivity (Wildman–Crippen MR) is 104 cm³/mol. The summed E-state index contributed by atoms with van der Waals surface area (Å²) >= 11 is 3.44. The molecule has 1 spiro atoms. The highest BCUT2D eigenvalue weighted by Gasteiger charge is 2.67. The zero-order chi connectivity index (χ0) is 19.3. The summed E-state index contributed by atoms with van der Waals surface area (Å²) < 4.78 is 6.26. The quantitative estimate of drug-likeness (QED) is 0.575. The van der Waals surface area contributed by atoms with Crippen LogP contribution >= 0.6 is 15.9 Å². The van der Waals surface area contributed by atoms with Crippen LogP contribution in [0.3, 0.4) is 0 Å². The summed E-state index contributed by atoms with van der Waals surface area (Å²) in [5.41, 5.74) is 0.496. The molecule has 7 nitrogen and oxygen atoms in total. The molecule has 8 heteroatoms. The van der Waals surface area contributed by atoms with Crippen molar-refractivity contribution >= 4 is 27.5 Å². The molecule has 27 heavy (non-hydrogen) atoms. The van der Waals surface area contributed by atoms with E-state index >= 15 is 0 Å². The Morgan fingerprint density at radius 3 is 2.70 bits per heavy atom. The summed E-state index contributed by atoms with van der Waals surface area (Å²) in [7, 11) is 1.54. The lowest BCUT2D eigenvalue weighted by atomic mass is 9.78. The van der Waals surface area contributed by atoms with Gasteiger partial charge in [-0.2, -0.15) is 0 Å². The molecule has 0 radical (unpaired) electrons. The van der Waals surface area contributed by atoms with Gasteiger partial charge in [-0.3, -0.25) is 20.2 Å². The van der Waals surface area contributed by atoms with Gasteiger partial charge in [0, 0.05) is 32.3 Å². The van der Waals surface area contributed by atoms with Gasteiger partial charge in [-0.25, -0.2) is 0 Å². The molecule has 2 aliphatic heterocycles. The Labute approximate surface area is 164 Å². The Morgan fingerprint density at radius 1 is 1.26 bits per heavy atom. The van der Waals surface area contributed by atoms with Crippen LogP contribution in [0.25, 0.3) is 0 Å². The Morgan fingerprint density at radius 2 is 2.00 bits per heavy atom. The monoisotopic (exact) mass is 431 g/mol. The Bertz CT molecular complexity index is 950. The van der Waals surface area contributed by atoms with E-state index in [-0.39, 0.29) is 11.0 Å². The van der Waals surface area contributed by atoms with Crippen LogP contribution in [0.4, 0.5) is 5.69 Å². The fraction of sp³-hybridized carbons (Fsp3) is 0.316. The van der Waals surface area contributed by atoms with Crippen molar-refractivity contribution in [3.8, 4) is 5.75 Å². The first-order valence-corrected chi connectivity index (χ1v) is 9.35.